The van der Waals surface area contributed by atoms with Crippen molar-refractivity contribution in [3.63, 3.8) is 0 Å². The molecule has 0 radical (unpaired) electrons. The number of rotatable bonds is 4. The van der Waals surface area contributed by atoms with Crippen molar-refractivity contribution in [2.24, 2.45) is 0 Å². The summed E-state index contributed by atoms with van der Waals surface area (Å²) in [5.74, 6) is -0.549. The molecule has 0 spiro atoms. The Morgan fingerprint density at radius 3 is 2.57 bits per heavy atom. The van der Waals surface area contributed by atoms with Crippen LogP contribution in [-0.2, 0) is 0 Å². The highest BCUT2D eigenvalue weighted by Crippen LogP contribution is 2.17. The molecule has 0 aliphatic rings. The van der Waals surface area contributed by atoms with Gasteiger partial charge in [0.2, 0.25) is 0 Å². The van der Waals surface area contributed by atoms with Gasteiger partial charge >= 0.3 is 0 Å². The molecule has 0 saturated carbocycles. The Morgan fingerprint density at radius 2 is 1.95 bits per heavy atom. The van der Waals surface area contributed by atoms with E-state index in [2.05, 4.69) is 15.6 Å². The highest BCUT2D eigenvalue weighted by molar-refractivity contribution is 5.98. The van der Waals surface area contributed by atoms with E-state index >= 15 is 0 Å². The van der Waals surface area contributed by atoms with E-state index in [4.69, 9.17) is 0 Å². The molecule has 1 aromatic carbocycles. The number of nitrogens with zero attached hydrogens (tertiary/aromatic N) is 1. The van der Waals surface area contributed by atoms with E-state index in [9.17, 15) is 9.18 Å². The van der Waals surface area contributed by atoms with Crippen LogP contribution in [0.4, 0.5) is 10.2 Å². The fourth-order valence-electron chi connectivity index (χ4n) is 2.02. The molecule has 2 rings (SSSR count). The number of benzene rings is 1. The quantitative estimate of drug-likeness (QED) is 0.908. The van der Waals surface area contributed by atoms with E-state index in [0.29, 0.717) is 5.82 Å². The van der Waals surface area contributed by atoms with Gasteiger partial charge in [-0.25, -0.2) is 9.37 Å². The van der Waals surface area contributed by atoms with Crippen molar-refractivity contribution in [1.82, 2.24) is 10.3 Å². The zero-order valence-electron chi connectivity index (χ0n) is 12.3. The molecule has 1 amide bonds. The van der Waals surface area contributed by atoms with Gasteiger partial charge in [-0.05, 0) is 25.5 Å². The topological polar surface area (TPSA) is 54.0 Å². The number of hydrogen-bond acceptors (Lipinski definition) is 3. The molecule has 5 heteroatoms. The molecule has 0 aliphatic heterocycles. The molecule has 110 valence electrons. The van der Waals surface area contributed by atoms with Crippen LogP contribution in [-0.4, -0.2) is 17.9 Å². The van der Waals surface area contributed by atoms with Gasteiger partial charge in [-0.3, -0.25) is 4.79 Å². The van der Waals surface area contributed by atoms with Gasteiger partial charge in [0.25, 0.3) is 5.91 Å². The normalized spacial score (nSPS) is 11.8. The third-order valence-electron chi connectivity index (χ3n) is 3.26. The highest BCUT2D eigenvalue weighted by atomic mass is 19.1. The zero-order chi connectivity index (χ0) is 15.4. The molecule has 1 unspecified atom stereocenters. The second-order valence-electron chi connectivity index (χ2n) is 4.91. The number of anilines is 1. The van der Waals surface area contributed by atoms with Crippen LogP contribution in [0.15, 0.2) is 36.5 Å². The molecule has 21 heavy (non-hydrogen) atoms. The lowest BCUT2D eigenvalue weighted by Gasteiger charge is -2.16. The minimum absolute atomic E-state index is 0.175. The predicted molar refractivity (Wildman–Crippen MR) is 80.8 cm³/mol. The Hall–Kier alpha value is -2.43. The van der Waals surface area contributed by atoms with Crippen molar-refractivity contribution >= 4 is 11.7 Å². The van der Waals surface area contributed by atoms with Crippen LogP contribution in [0.1, 0.15) is 34.5 Å². The van der Waals surface area contributed by atoms with E-state index in [1.54, 1.807) is 7.05 Å². The maximum absolute atomic E-state index is 13.3. The van der Waals surface area contributed by atoms with E-state index in [-0.39, 0.29) is 17.5 Å². The van der Waals surface area contributed by atoms with E-state index < -0.39 is 5.82 Å². The number of carbonyl (C=O) groups excluding carboxylic acids is 1. The van der Waals surface area contributed by atoms with Gasteiger partial charge in [0.15, 0.2) is 0 Å². The van der Waals surface area contributed by atoms with E-state index in [0.717, 1.165) is 17.3 Å². The van der Waals surface area contributed by atoms with Crippen molar-refractivity contribution in [3.8, 4) is 0 Å². The van der Waals surface area contributed by atoms with Crippen LogP contribution in [0.3, 0.4) is 0 Å². The molecule has 2 N–H and O–H groups in total. The summed E-state index contributed by atoms with van der Waals surface area (Å²) in [7, 11) is 1.64. The lowest BCUT2D eigenvalue weighted by Crippen LogP contribution is -2.27. The molecule has 1 heterocycles. The number of hydrogen-bond donors (Lipinski definition) is 2. The van der Waals surface area contributed by atoms with Gasteiger partial charge in [0.1, 0.15) is 11.6 Å². The van der Waals surface area contributed by atoms with Crippen molar-refractivity contribution < 1.29 is 9.18 Å². The Balaban J connectivity index is 2.17. The fraction of sp³-hybridized carbons (Fsp3) is 0.250. The average Bonchev–Trinajstić information content (AvgIpc) is 2.47. The van der Waals surface area contributed by atoms with E-state index in [1.165, 1.54) is 6.07 Å². The molecule has 1 aromatic heterocycles. The van der Waals surface area contributed by atoms with E-state index in [1.807, 2.05) is 38.1 Å². The summed E-state index contributed by atoms with van der Waals surface area (Å²) in [5.41, 5.74) is 2.34. The molecule has 0 fully saturated rings. The van der Waals surface area contributed by atoms with Crippen LogP contribution < -0.4 is 10.6 Å². The second-order valence-corrected chi connectivity index (χ2v) is 4.91. The Morgan fingerprint density at radius 1 is 1.29 bits per heavy atom. The molecule has 0 bridgehead atoms. The number of amides is 1. The molecule has 0 saturated heterocycles. The molecule has 1 atom stereocenters. The van der Waals surface area contributed by atoms with Gasteiger partial charge in [0.05, 0.1) is 17.8 Å². The van der Waals surface area contributed by atoms with Crippen LogP contribution in [0.2, 0.25) is 0 Å². The highest BCUT2D eigenvalue weighted by Gasteiger charge is 2.16. The second kappa shape index (κ2) is 6.35. The number of pyridine rings is 1. The fourth-order valence-corrected chi connectivity index (χ4v) is 2.02. The van der Waals surface area contributed by atoms with Gasteiger partial charge in [-0.2, -0.15) is 0 Å². The smallest absolute Gasteiger partial charge is 0.255 e. The average molecular weight is 287 g/mol. The zero-order valence-corrected chi connectivity index (χ0v) is 12.3. The van der Waals surface area contributed by atoms with Crippen molar-refractivity contribution in [1.29, 1.82) is 0 Å². The van der Waals surface area contributed by atoms with Crippen LogP contribution in [0, 0.1) is 12.7 Å². The predicted octanol–water partition coefficient (Wildman–Crippen LogP) is 3.06. The minimum Gasteiger partial charge on any atom is -0.372 e. The first kappa shape index (κ1) is 15.0. The van der Waals surface area contributed by atoms with Crippen molar-refractivity contribution in [2.75, 3.05) is 12.4 Å². The molecule has 0 aliphatic carbocycles. The van der Waals surface area contributed by atoms with Crippen LogP contribution in [0.5, 0.6) is 0 Å². The molecule has 2 aromatic rings. The maximum atomic E-state index is 13.3. The molecule has 4 nitrogen and oxygen atoms in total. The van der Waals surface area contributed by atoms with Crippen LogP contribution >= 0.6 is 0 Å². The molecular formula is C16H18FN3O. The van der Waals surface area contributed by atoms with Crippen molar-refractivity contribution in [2.45, 2.75) is 19.9 Å². The summed E-state index contributed by atoms with van der Waals surface area (Å²) in [6.45, 7) is 3.89. The number of nitrogens with one attached hydrogen (secondary N) is 2. The number of aromatic nitrogens is 1. The summed E-state index contributed by atoms with van der Waals surface area (Å²) >= 11 is 0. The summed E-state index contributed by atoms with van der Waals surface area (Å²) in [4.78, 5) is 16.1. The summed E-state index contributed by atoms with van der Waals surface area (Å²) < 4.78 is 13.3. The summed E-state index contributed by atoms with van der Waals surface area (Å²) in [5, 5.41) is 5.63. The largest absolute Gasteiger partial charge is 0.372 e. The number of carbonyl (C=O) groups is 1. The lowest BCUT2D eigenvalue weighted by molar-refractivity contribution is 0.0940. The maximum Gasteiger partial charge on any atom is 0.255 e. The summed E-state index contributed by atoms with van der Waals surface area (Å²) in [6.07, 6.45) is 1.08. The van der Waals surface area contributed by atoms with Gasteiger partial charge < -0.3 is 10.6 Å². The Labute approximate surface area is 123 Å². The third-order valence-corrected chi connectivity index (χ3v) is 3.26. The van der Waals surface area contributed by atoms with Crippen LogP contribution in [0.25, 0.3) is 0 Å². The van der Waals surface area contributed by atoms with Gasteiger partial charge in [-0.15, -0.1) is 0 Å². The Kier molecular flexibility index (Phi) is 4.52. The van der Waals surface area contributed by atoms with Crippen molar-refractivity contribution in [3.05, 3.63) is 59.0 Å². The third kappa shape index (κ3) is 3.56. The first-order valence-corrected chi connectivity index (χ1v) is 6.72. The first-order valence-electron chi connectivity index (χ1n) is 6.72. The minimum atomic E-state index is -0.540. The van der Waals surface area contributed by atoms with Gasteiger partial charge in [0, 0.05) is 7.05 Å². The SMILES string of the molecule is CNc1ncc(F)cc1C(=O)NC(C)c1ccc(C)cc1. The Bertz CT molecular complexity index is 640. The monoisotopic (exact) mass is 287 g/mol. The number of halogens is 1. The first-order chi connectivity index (χ1) is 10.0. The lowest BCUT2D eigenvalue weighted by atomic mass is 10.1. The van der Waals surface area contributed by atoms with Gasteiger partial charge in [-0.1, -0.05) is 29.8 Å². The number of aryl methyl sites for hydroxylation is 1. The molecular weight excluding hydrogens is 269 g/mol. The standard InChI is InChI=1S/C16H18FN3O/c1-10-4-6-12(7-5-10)11(2)20-16(21)14-8-13(17)9-19-15(14)18-3/h4-9,11H,1-3H3,(H,18,19)(H,20,21). The summed E-state index contributed by atoms with van der Waals surface area (Å²) in [6, 6.07) is 8.90.